The van der Waals surface area contributed by atoms with E-state index in [2.05, 4.69) is 20.5 Å². The highest BCUT2D eigenvalue weighted by molar-refractivity contribution is 7.22. The van der Waals surface area contributed by atoms with E-state index in [1.54, 1.807) is 38.1 Å². The first-order valence-corrected chi connectivity index (χ1v) is 10.1. The molecule has 0 saturated carbocycles. The quantitative estimate of drug-likeness (QED) is 0.627. The van der Waals surface area contributed by atoms with Gasteiger partial charge in [-0.1, -0.05) is 23.5 Å². The van der Waals surface area contributed by atoms with Gasteiger partial charge in [-0.2, -0.15) is 0 Å². The van der Waals surface area contributed by atoms with Gasteiger partial charge in [0.2, 0.25) is 0 Å². The van der Waals surface area contributed by atoms with Crippen molar-refractivity contribution in [2.75, 3.05) is 36.4 Å². The summed E-state index contributed by atoms with van der Waals surface area (Å²) in [7, 11) is 0. The molecule has 3 heterocycles. The van der Waals surface area contributed by atoms with Crippen LogP contribution in [0.25, 0.3) is 10.3 Å². The fraction of sp³-hybridized carbons (Fsp3) is 0.350. The fourth-order valence-electron chi connectivity index (χ4n) is 3.13. The van der Waals surface area contributed by atoms with Crippen molar-refractivity contribution in [1.82, 2.24) is 15.3 Å². The highest BCUT2D eigenvalue weighted by atomic mass is 32.1. The molecule has 0 unspecified atom stereocenters. The average molecular weight is 398 g/mol. The number of fused-ring (bicyclic) bond motifs is 1. The van der Waals surface area contributed by atoms with Gasteiger partial charge in [0.25, 0.3) is 5.91 Å². The van der Waals surface area contributed by atoms with Crippen LogP contribution in [0.2, 0.25) is 0 Å². The maximum Gasteiger partial charge on any atom is 0.257 e. The second kappa shape index (κ2) is 7.46. The van der Waals surface area contributed by atoms with Crippen LogP contribution in [0, 0.1) is 0 Å². The summed E-state index contributed by atoms with van der Waals surface area (Å²) in [6, 6.07) is 10.9. The van der Waals surface area contributed by atoms with Crippen LogP contribution in [-0.4, -0.2) is 47.2 Å². The van der Waals surface area contributed by atoms with Crippen LogP contribution in [-0.2, 0) is 5.60 Å². The number of pyridine rings is 1. The van der Waals surface area contributed by atoms with Gasteiger partial charge in [0.1, 0.15) is 16.2 Å². The van der Waals surface area contributed by atoms with Crippen molar-refractivity contribution in [3.63, 3.8) is 0 Å². The van der Waals surface area contributed by atoms with Crippen LogP contribution < -0.4 is 15.5 Å². The minimum absolute atomic E-state index is 0.233. The van der Waals surface area contributed by atoms with Crippen LogP contribution in [0.3, 0.4) is 0 Å². The number of nitrogens with zero attached hydrogens (tertiary/aromatic N) is 3. The number of thiazole rings is 1. The maximum absolute atomic E-state index is 12.5. The zero-order valence-corrected chi connectivity index (χ0v) is 16.7. The second-order valence-electron chi connectivity index (χ2n) is 7.34. The number of amides is 1. The number of nitrogens with one attached hydrogen (secondary N) is 2. The number of carbonyl (C=O) groups excluding carboxylic acids is 1. The first-order chi connectivity index (χ1) is 13.4. The molecule has 1 aliphatic rings. The summed E-state index contributed by atoms with van der Waals surface area (Å²) in [6.07, 6.45) is 0. The third-order valence-electron chi connectivity index (χ3n) is 4.76. The molecule has 4 rings (SSSR count). The molecule has 2 aromatic heterocycles. The van der Waals surface area contributed by atoms with Crippen LogP contribution in [0.1, 0.15) is 29.8 Å². The molecule has 1 saturated heterocycles. The Balaban J connectivity index is 1.50. The molecule has 0 atom stereocenters. The second-order valence-corrected chi connectivity index (χ2v) is 8.32. The Hall–Kier alpha value is -2.55. The van der Waals surface area contributed by atoms with Gasteiger partial charge in [-0.25, -0.2) is 9.97 Å². The van der Waals surface area contributed by atoms with Crippen molar-refractivity contribution >= 4 is 38.5 Å². The lowest BCUT2D eigenvalue weighted by Gasteiger charge is -2.28. The van der Waals surface area contributed by atoms with Crippen molar-refractivity contribution in [2.45, 2.75) is 19.4 Å². The number of piperazine rings is 1. The van der Waals surface area contributed by atoms with Crippen molar-refractivity contribution in [2.24, 2.45) is 0 Å². The summed E-state index contributed by atoms with van der Waals surface area (Å²) >= 11 is 1.37. The summed E-state index contributed by atoms with van der Waals surface area (Å²) in [5.74, 6) is 0.710. The number of carbonyl (C=O) groups is 1. The Morgan fingerprint density at radius 2 is 1.86 bits per heavy atom. The summed E-state index contributed by atoms with van der Waals surface area (Å²) in [6.45, 7) is 7.20. The summed E-state index contributed by atoms with van der Waals surface area (Å²) in [5, 5.41) is 16.7. The Bertz CT molecular complexity index is 988. The Labute approximate surface area is 167 Å². The first kappa shape index (κ1) is 18.8. The first-order valence-electron chi connectivity index (χ1n) is 9.28. The molecule has 0 bridgehead atoms. The van der Waals surface area contributed by atoms with Crippen molar-refractivity contribution in [1.29, 1.82) is 0 Å². The molecule has 146 valence electrons. The molecule has 1 amide bonds. The van der Waals surface area contributed by atoms with Gasteiger partial charge >= 0.3 is 0 Å². The number of rotatable bonds is 4. The molecular weight excluding hydrogens is 374 g/mol. The van der Waals surface area contributed by atoms with Crippen molar-refractivity contribution < 1.29 is 9.90 Å². The predicted molar refractivity (Wildman–Crippen MR) is 112 cm³/mol. The summed E-state index contributed by atoms with van der Waals surface area (Å²) in [5.41, 5.74) is 1.11. The number of aliphatic hydroxyl groups is 1. The highest BCUT2D eigenvalue weighted by Gasteiger charge is 2.17. The predicted octanol–water partition coefficient (Wildman–Crippen LogP) is 2.58. The molecule has 28 heavy (non-hydrogen) atoms. The van der Waals surface area contributed by atoms with E-state index < -0.39 is 5.60 Å². The van der Waals surface area contributed by atoms with E-state index in [0.29, 0.717) is 10.7 Å². The van der Waals surface area contributed by atoms with Gasteiger partial charge in [0.15, 0.2) is 5.13 Å². The van der Waals surface area contributed by atoms with E-state index in [-0.39, 0.29) is 5.91 Å². The largest absolute Gasteiger partial charge is 0.386 e. The standard InChI is InChI=1S/C20H23N5O2S/c1-20(2,27)14-5-3-13(4-6-14)17(26)24-19-22-15-7-8-16(23-18(15)28-19)25-11-9-21-10-12-25/h3-8,21,27H,9-12H2,1-2H3,(H,22,24,26). The number of anilines is 2. The van der Waals surface area contributed by atoms with Crippen LogP contribution in [0.4, 0.5) is 10.9 Å². The van der Waals surface area contributed by atoms with Gasteiger partial charge in [0, 0.05) is 31.7 Å². The molecule has 1 aromatic carbocycles. The van der Waals surface area contributed by atoms with Crippen LogP contribution in [0.5, 0.6) is 0 Å². The van der Waals surface area contributed by atoms with E-state index in [1.807, 2.05) is 12.1 Å². The minimum atomic E-state index is -0.935. The van der Waals surface area contributed by atoms with Gasteiger partial charge < -0.3 is 15.3 Å². The third kappa shape index (κ3) is 3.99. The normalized spacial score (nSPS) is 15.0. The Kier molecular flexibility index (Phi) is 5.01. The van der Waals surface area contributed by atoms with Gasteiger partial charge in [0.05, 0.1) is 5.60 Å². The van der Waals surface area contributed by atoms with Crippen LogP contribution in [0.15, 0.2) is 36.4 Å². The lowest BCUT2D eigenvalue weighted by molar-refractivity contribution is 0.0785. The van der Waals surface area contributed by atoms with E-state index in [4.69, 9.17) is 4.98 Å². The van der Waals surface area contributed by atoms with Crippen molar-refractivity contribution in [3.8, 4) is 0 Å². The molecule has 1 fully saturated rings. The van der Waals surface area contributed by atoms with Gasteiger partial charge in [-0.05, 0) is 43.7 Å². The molecule has 0 radical (unpaired) electrons. The maximum atomic E-state index is 12.5. The molecule has 3 aromatic rings. The smallest absolute Gasteiger partial charge is 0.257 e. The molecule has 3 N–H and O–H groups in total. The SMILES string of the molecule is CC(C)(O)c1ccc(C(=O)Nc2nc3ccc(N4CCNCC4)nc3s2)cc1. The summed E-state index contributed by atoms with van der Waals surface area (Å²) < 4.78 is 0. The number of aromatic nitrogens is 2. The average Bonchev–Trinajstić information content (AvgIpc) is 3.09. The zero-order chi connectivity index (χ0) is 19.7. The van der Waals surface area contributed by atoms with E-state index in [0.717, 1.165) is 47.9 Å². The van der Waals surface area contributed by atoms with Crippen LogP contribution >= 0.6 is 11.3 Å². The van der Waals surface area contributed by atoms with E-state index in [1.165, 1.54) is 11.3 Å². The van der Waals surface area contributed by atoms with Gasteiger partial charge in [-0.15, -0.1) is 0 Å². The minimum Gasteiger partial charge on any atom is -0.386 e. The lowest BCUT2D eigenvalue weighted by Crippen LogP contribution is -2.43. The van der Waals surface area contributed by atoms with Crippen molar-refractivity contribution in [3.05, 3.63) is 47.5 Å². The van der Waals surface area contributed by atoms with Gasteiger partial charge in [-0.3, -0.25) is 10.1 Å². The Morgan fingerprint density at radius 3 is 2.54 bits per heavy atom. The number of benzene rings is 1. The molecule has 0 spiro atoms. The third-order valence-corrected chi connectivity index (χ3v) is 5.64. The monoisotopic (exact) mass is 397 g/mol. The summed E-state index contributed by atoms with van der Waals surface area (Å²) in [4.78, 5) is 24.8. The van der Waals surface area contributed by atoms with E-state index >= 15 is 0 Å². The molecular formula is C20H23N5O2S. The Morgan fingerprint density at radius 1 is 1.14 bits per heavy atom. The molecule has 0 aliphatic carbocycles. The fourth-order valence-corrected chi connectivity index (χ4v) is 3.96. The number of hydrogen-bond acceptors (Lipinski definition) is 7. The van der Waals surface area contributed by atoms with E-state index in [9.17, 15) is 9.90 Å². The molecule has 1 aliphatic heterocycles. The zero-order valence-electron chi connectivity index (χ0n) is 15.9. The topological polar surface area (TPSA) is 90.4 Å². The highest BCUT2D eigenvalue weighted by Crippen LogP contribution is 2.27. The molecule has 7 nitrogen and oxygen atoms in total. The lowest BCUT2D eigenvalue weighted by atomic mass is 9.97. The molecule has 8 heteroatoms. The number of hydrogen-bond donors (Lipinski definition) is 3.